The Kier molecular flexibility index (Phi) is 2.70. The van der Waals surface area contributed by atoms with E-state index in [1.807, 2.05) is 0 Å². The van der Waals surface area contributed by atoms with Gasteiger partial charge in [-0.1, -0.05) is 19.1 Å². The molecule has 1 nitrogen and oxygen atoms in total. The zero-order valence-corrected chi connectivity index (χ0v) is 9.56. The Labute approximate surface area is 101 Å². The standard InChI is InChI=1S/C12H12F5N/c1-7(10(18)6-11(10,13)14)8-2-4-9(5-3-8)12(15,16)17/h2-5,7H,6,18H2,1H3. The Morgan fingerprint density at radius 1 is 1.17 bits per heavy atom. The van der Waals surface area contributed by atoms with E-state index in [2.05, 4.69) is 0 Å². The second kappa shape index (κ2) is 3.66. The molecule has 0 aromatic heterocycles. The van der Waals surface area contributed by atoms with Crippen molar-refractivity contribution in [1.29, 1.82) is 0 Å². The van der Waals surface area contributed by atoms with Gasteiger partial charge in [-0.2, -0.15) is 13.2 Å². The molecule has 0 spiro atoms. The highest BCUT2D eigenvalue weighted by Gasteiger charge is 2.71. The average molecular weight is 265 g/mol. The van der Waals surface area contributed by atoms with Crippen molar-refractivity contribution in [2.24, 2.45) is 5.73 Å². The highest BCUT2D eigenvalue weighted by Crippen LogP contribution is 2.57. The summed E-state index contributed by atoms with van der Waals surface area (Å²) in [7, 11) is 0. The van der Waals surface area contributed by atoms with Crippen LogP contribution in [0.5, 0.6) is 0 Å². The van der Waals surface area contributed by atoms with E-state index in [0.717, 1.165) is 12.1 Å². The lowest BCUT2D eigenvalue weighted by molar-refractivity contribution is -0.137. The number of benzene rings is 1. The van der Waals surface area contributed by atoms with Gasteiger partial charge in [0.15, 0.2) is 0 Å². The van der Waals surface area contributed by atoms with E-state index < -0.39 is 35.5 Å². The van der Waals surface area contributed by atoms with Crippen LogP contribution in [0.3, 0.4) is 0 Å². The van der Waals surface area contributed by atoms with Gasteiger partial charge in [0.25, 0.3) is 5.92 Å². The normalized spacial score (nSPS) is 27.9. The minimum atomic E-state index is -4.42. The van der Waals surface area contributed by atoms with Gasteiger partial charge in [0.1, 0.15) is 0 Å². The van der Waals surface area contributed by atoms with Crippen molar-refractivity contribution in [2.45, 2.75) is 36.9 Å². The van der Waals surface area contributed by atoms with Crippen LogP contribution < -0.4 is 5.73 Å². The largest absolute Gasteiger partial charge is 0.416 e. The van der Waals surface area contributed by atoms with E-state index >= 15 is 0 Å². The Morgan fingerprint density at radius 3 is 1.94 bits per heavy atom. The molecule has 0 radical (unpaired) electrons. The summed E-state index contributed by atoms with van der Waals surface area (Å²) in [5.74, 6) is -3.62. The fourth-order valence-corrected chi connectivity index (χ4v) is 2.05. The SMILES string of the molecule is CC(c1ccc(C(F)(F)F)cc1)C1(N)CC1(F)F. The minimum Gasteiger partial charge on any atom is -0.319 e. The molecule has 100 valence electrons. The molecule has 0 saturated heterocycles. The summed E-state index contributed by atoms with van der Waals surface area (Å²) in [6, 6.07) is 4.18. The number of rotatable bonds is 2. The summed E-state index contributed by atoms with van der Waals surface area (Å²) in [5, 5.41) is 0. The maximum Gasteiger partial charge on any atom is 0.416 e. The van der Waals surface area contributed by atoms with Gasteiger partial charge >= 0.3 is 6.18 Å². The van der Waals surface area contributed by atoms with Gasteiger partial charge in [0.05, 0.1) is 11.1 Å². The molecule has 2 rings (SSSR count). The zero-order chi connectivity index (χ0) is 13.8. The Morgan fingerprint density at radius 2 is 1.61 bits per heavy atom. The number of hydrogen-bond acceptors (Lipinski definition) is 1. The topological polar surface area (TPSA) is 26.0 Å². The highest BCUT2D eigenvalue weighted by atomic mass is 19.4. The molecule has 1 aliphatic carbocycles. The molecule has 2 N–H and O–H groups in total. The van der Waals surface area contributed by atoms with Crippen LogP contribution in [0.2, 0.25) is 0 Å². The molecule has 0 heterocycles. The predicted molar refractivity (Wildman–Crippen MR) is 56.3 cm³/mol. The van der Waals surface area contributed by atoms with Crippen molar-refractivity contribution in [3.05, 3.63) is 35.4 Å². The van der Waals surface area contributed by atoms with Crippen LogP contribution in [0.15, 0.2) is 24.3 Å². The quantitative estimate of drug-likeness (QED) is 0.813. The second-order valence-electron chi connectivity index (χ2n) is 4.76. The summed E-state index contributed by atoms with van der Waals surface area (Å²) in [4.78, 5) is 0. The smallest absolute Gasteiger partial charge is 0.319 e. The van der Waals surface area contributed by atoms with Crippen LogP contribution in [0.25, 0.3) is 0 Å². The molecule has 1 fully saturated rings. The molecule has 0 aliphatic heterocycles. The predicted octanol–water partition coefficient (Wildman–Crippen LogP) is 3.55. The van der Waals surface area contributed by atoms with Gasteiger partial charge in [-0.25, -0.2) is 8.78 Å². The van der Waals surface area contributed by atoms with E-state index in [4.69, 9.17) is 5.73 Å². The summed E-state index contributed by atoms with van der Waals surface area (Å²) >= 11 is 0. The van der Waals surface area contributed by atoms with Crippen LogP contribution in [0.1, 0.15) is 30.4 Å². The first kappa shape index (κ1) is 13.3. The van der Waals surface area contributed by atoms with E-state index in [1.54, 1.807) is 0 Å². The monoisotopic (exact) mass is 265 g/mol. The molecule has 2 atom stereocenters. The third kappa shape index (κ3) is 1.98. The molecule has 18 heavy (non-hydrogen) atoms. The minimum absolute atomic E-state index is 0.391. The molecule has 0 bridgehead atoms. The van der Waals surface area contributed by atoms with Gasteiger partial charge in [0, 0.05) is 12.3 Å². The maximum atomic E-state index is 13.1. The van der Waals surface area contributed by atoms with Crippen molar-refractivity contribution in [3.63, 3.8) is 0 Å². The van der Waals surface area contributed by atoms with Crippen LogP contribution in [-0.2, 0) is 6.18 Å². The molecular weight excluding hydrogens is 253 g/mol. The van der Waals surface area contributed by atoms with Crippen LogP contribution in [0, 0.1) is 0 Å². The highest BCUT2D eigenvalue weighted by molar-refractivity contribution is 5.34. The number of nitrogens with two attached hydrogens (primary N) is 1. The summed E-state index contributed by atoms with van der Waals surface area (Å²) in [5.41, 5.74) is 3.51. The fourth-order valence-electron chi connectivity index (χ4n) is 2.05. The van der Waals surface area contributed by atoms with Crippen molar-refractivity contribution in [1.82, 2.24) is 0 Å². The lowest BCUT2D eigenvalue weighted by atomic mass is 9.91. The van der Waals surface area contributed by atoms with Gasteiger partial charge < -0.3 is 5.73 Å². The molecular formula is C12H12F5N. The molecule has 1 saturated carbocycles. The average Bonchev–Trinajstić information content (AvgIpc) is 2.77. The Balaban J connectivity index is 2.21. The fraction of sp³-hybridized carbons (Fsp3) is 0.500. The van der Waals surface area contributed by atoms with Crippen LogP contribution in [0.4, 0.5) is 22.0 Å². The van der Waals surface area contributed by atoms with E-state index in [9.17, 15) is 22.0 Å². The third-order valence-electron chi connectivity index (χ3n) is 3.58. The van der Waals surface area contributed by atoms with E-state index in [-0.39, 0.29) is 0 Å². The Hall–Kier alpha value is -1.17. The number of halogens is 5. The molecule has 1 aliphatic rings. The number of hydrogen-bond donors (Lipinski definition) is 1. The van der Waals surface area contributed by atoms with Gasteiger partial charge in [-0.15, -0.1) is 0 Å². The Bertz CT molecular complexity index is 451. The molecule has 6 heteroatoms. The maximum absolute atomic E-state index is 13.1. The van der Waals surface area contributed by atoms with Crippen molar-refractivity contribution in [2.75, 3.05) is 0 Å². The van der Waals surface area contributed by atoms with E-state index in [1.165, 1.54) is 19.1 Å². The van der Waals surface area contributed by atoms with E-state index in [0.29, 0.717) is 5.56 Å². The van der Waals surface area contributed by atoms with Crippen molar-refractivity contribution < 1.29 is 22.0 Å². The van der Waals surface area contributed by atoms with Crippen LogP contribution >= 0.6 is 0 Å². The summed E-state index contributed by atoms with van der Waals surface area (Å²) < 4.78 is 63.2. The number of alkyl halides is 5. The molecule has 0 amide bonds. The lowest BCUT2D eigenvalue weighted by Gasteiger charge is -2.20. The zero-order valence-electron chi connectivity index (χ0n) is 9.56. The van der Waals surface area contributed by atoms with Gasteiger partial charge in [-0.05, 0) is 17.7 Å². The molecule has 1 aromatic carbocycles. The third-order valence-corrected chi connectivity index (χ3v) is 3.58. The summed E-state index contributed by atoms with van der Waals surface area (Å²) in [6.45, 7) is 1.50. The first-order valence-electron chi connectivity index (χ1n) is 5.42. The van der Waals surface area contributed by atoms with Crippen molar-refractivity contribution in [3.8, 4) is 0 Å². The second-order valence-corrected chi connectivity index (χ2v) is 4.76. The lowest BCUT2D eigenvalue weighted by Crippen LogP contribution is -2.35. The summed E-state index contributed by atoms with van der Waals surface area (Å²) in [6.07, 6.45) is -4.85. The van der Waals surface area contributed by atoms with Gasteiger partial charge in [-0.3, -0.25) is 0 Å². The molecule has 1 aromatic rings. The first-order valence-corrected chi connectivity index (χ1v) is 5.42. The molecule has 2 unspecified atom stereocenters. The first-order chi connectivity index (χ1) is 8.08. The van der Waals surface area contributed by atoms with Crippen molar-refractivity contribution >= 4 is 0 Å². The van der Waals surface area contributed by atoms with Gasteiger partial charge in [0.2, 0.25) is 0 Å². The van der Waals surface area contributed by atoms with Crippen LogP contribution in [-0.4, -0.2) is 11.5 Å².